The maximum absolute atomic E-state index is 12.3. The van der Waals surface area contributed by atoms with Crippen LogP contribution < -0.4 is 0 Å². The molecule has 112 valence electrons. The van der Waals surface area contributed by atoms with E-state index in [2.05, 4.69) is 56.0 Å². The van der Waals surface area contributed by atoms with E-state index in [1.165, 1.54) is 17.5 Å². The van der Waals surface area contributed by atoms with Crippen LogP contribution in [0, 0.1) is 19.8 Å². The van der Waals surface area contributed by atoms with Gasteiger partial charge in [-0.05, 0) is 25.3 Å². The van der Waals surface area contributed by atoms with Gasteiger partial charge in [-0.1, -0.05) is 43.2 Å². The average molecular weight is 285 g/mol. The van der Waals surface area contributed by atoms with E-state index in [0.717, 1.165) is 17.9 Å². The molecule has 0 aliphatic heterocycles. The molecule has 0 radical (unpaired) electrons. The Morgan fingerprint density at radius 2 is 1.81 bits per heavy atom. The van der Waals surface area contributed by atoms with Crippen LogP contribution in [0.25, 0.3) is 0 Å². The highest BCUT2D eigenvalue weighted by Gasteiger charge is 2.12. The third-order valence-corrected chi connectivity index (χ3v) is 3.27. The minimum absolute atomic E-state index is 0.179. The summed E-state index contributed by atoms with van der Waals surface area (Å²) in [7, 11) is 0. The van der Waals surface area contributed by atoms with Crippen LogP contribution in [0.2, 0.25) is 0 Å². The van der Waals surface area contributed by atoms with E-state index in [1.54, 1.807) is 0 Å². The van der Waals surface area contributed by atoms with Gasteiger partial charge in [0.05, 0.1) is 6.42 Å². The summed E-state index contributed by atoms with van der Waals surface area (Å²) < 4.78 is 1.84. The third kappa shape index (κ3) is 4.52. The van der Waals surface area contributed by atoms with E-state index >= 15 is 0 Å². The topological polar surface area (TPSA) is 47.8 Å². The SMILES string of the molecule is Cc1cc(C)cc(CC(=O)Cc2ncnn2CC(C)C)c1. The lowest BCUT2D eigenvalue weighted by atomic mass is 10.0. The number of rotatable bonds is 6. The van der Waals surface area contributed by atoms with Gasteiger partial charge in [-0.15, -0.1) is 0 Å². The fraction of sp³-hybridized carbons (Fsp3) is 0.471. The first kappa shape index (κ1) is 15.4. The lowest BCUT2D eigenvalue weighted by Gasteiger charge is -2.08. The molecule has 1 aromatic heterocycles. The molecule has 0 amide bonds. The van der Waals surface area contributed by atoms with Crippen LogP contribution in [0.5, 0.6) is 0 Å². The molecular weight excluding hydrogens is 262 g/mol. The van der Waals surface area contributed by atoms with Crippen LogP contribution in [0.1, 0.15) is 36.4 Å². The maximum Gasteiger partial charge on any atom is 0.144 e. The first-order chi connectivity index (χ1) is 9.94. The minimum Gasteiger partial charge on any atom is -0.299 e. The summed E-state index contributed by atoms with van der Waals surface area (Å²) in [5, 5.41) is 4.20. The molecule has 0 bridgehead atoms. The number of hydrogen-bond acceptors (Lipinski definition) is 3. The van der Waals surface area contributed by atoms with Crippen molar-refractivity contribution in [1.82, 2.24) is 14.8 Å². The Morgan fingerprint density at radius 3 is 2.43 bits per heavy atom. The quantitative estimate of drug-likeness (QED) is 0.820. The number of nitrogens with zero attached hydrogens (tertiary/aromatic N) is 3. The number of carbonyl (C=O) groups excluding carboxylic acids is 1. The highest BCUT2D eigenvalue weighted by atomic mass is 16.1. The second-order valence-corrected chi connectivity index (χ2v) is 6.14. The van der Waals surface area contributed by atoms with Gasteiger partial charge in [-0.25, -0.2) is 9.67 Å². The van der Waals surface area contributed by atoms with Crippen molar-refractivity contribution in [3.8, 4) is 0 Å². The normalized spacial score (nSPS) is 11.1. The Labute approximate surface area is 126 Å². The van der Waals surface area contributed by atoms with Gasteiger partial charge in [0, 0.05) is 13.0 Å². The Bertz CT molecular complexity index is 608. The van der Waals surface area contributed by atoms with Gasteiger partial charge in [-0.2, -0.15) is 5.10 Å². The lowest BCUT2D eigenvalue weighted by molar-refractivity contribution is -0.117. The van der Waals surface area contributed by atoms with Gasteiger partial charge in [0.1, 0.15) is 17.9 Å². The average Bonchev–Trinajstić information content (AvgIpc) is 2.73. The number of carbonyl (C=O) groups is 1. The van der Waals surface area contributed by atoms with E-state index in [9.17, 15) is 4.79 Å². The molecule has 0 atom stereocenters. The van der Waals surface area contributed by atoms with E-state index in [0.29, 0.717) is 18.8 Å². The van der Waals surface area contributed by atoms with Gasteiger partial charge in [0.2, 0.25) is 0 Å². The summed E-state index contributed by atoms with van der Waals surface area (Å²) in [5.74, 6) is 1.43. The van der Waals surface area contributed by atoms with Crippen LogP contribution in [0.3, 0.4) is 0 Å². The number of Topliss-reactive ketones (excluding diaryl/α,β-unsaturated/α-hetero) is 1. The van der Waals surface area contributed by atoms with E-state index < -0.39 is 0 Å². The molecule has 1 heterocycles. The fourth-order valence-corrected chi connectivity index (χ4v) is 2.56. The molecule has 2 aromatic rings. The van der Waals surface area contributed by atoms with E-state index in [-0.39, 0.29) is 5.78 Å². The van der Waals surface area contributed by atoms with Crippen LogP contribution >= 0.6 is 0 Å². The maximum atomic E-state index is 12.3. The molecule has 0 N–H and O–H groups in total. The Morgan fingerprint density at radius 1 is 1.14 bits per heavy atom. The Kier molecular flexibility index (Phi) is 4.89. The van der Waals surface area contributed by atoms with Crippen molar-refractivity contribution in [1.29, 1.82) is 0 Å². The largest absolute Gasteiger partial charge is 0.299 e. The molecule has 0 saturated carbocycles. The number of aryl methyl sites for hydroxylation is 2. The summed E-state index contributed by atoms with van der Waals surface area (Å²) >= 11 is 0. The van der Waals surface area contributed by atoms with Crippen molar-refractivity contribution < 1.29 is 4.79 Å². The third-order valence-electron chi connectivity index (χ3n) is 3.27. The summed E-state index contributed by atoms with van der Waals surface area (Å²) in [6.45, 7) is 9.16. The smallest absolute Gasteiger partial charge is 0.144 e. The summed E-state index contributed by atoms with van der Waals surface area (Å²) in [6.07, 6.45) is 2.33. The summed E-state index contributed by atoms with van der Waals surface area (Å²) in [4.78, 5) is 16.5. The monoisotopic (exact) mass is 285 g/mol. The molecule has 0 unspecified atom stereocenters. The predicted octanol–water partition coefficient (Wildman–Crippen LogP) is 2.91. The van der Waals surface area contributed by atoms with Gasteiger partial charge < -0.3 is 0 Å². The zero-order valence-electron chi connectivity index (χ0n) is 13.3. The zero-order chi connectivity index (χ0) is 15.4. The number of ketones is 1. The lowest BCUT2D eigenvalue weighted by Crippen LogP contribution is -2.15. The predicted molar refractivity (Wildman–Crippen MR) is 83.2 cm³/mol. The van der Waals surface area contributed by atoms with Crippen LogP contribution in [0.4, 0.5) is 0 Å². The second-order valence-electron chi connectivity index (χ2n) is 6.14. The summed E-state index contributed by atoms with van der Waals surface area (Å²) in [6, 6.07) is 6.26. The van der Waals surface area contributed by atoms with Crippen LogP contribution in [-0.4, -0.2) is 20.5 Å². The van der Waals surface area contributed by atoms with Crippen LogP contribution in [0.15, 0.2) is 24.5 Å². The zero-order valence-corrected chi connectivity index (χ0v) is 13.3. The number of aromatic nitrogens is 3. The first-order valence-corrected chi connectivity index (χ1v) is 7.39. The Hall–Kier alpha value is -1.97. The second kappa shape index (κ2) is 6.66. The molecule has 2 rings (SSSR count). The molecular formula is C17H23N3O. The van der Waals surface area contributed by atoms with E-state index in [1.807, 2.05) is 4.68 Å². The molecule has 21 heavy (non-hydrogen) atoms. The van der Waals surface area contributed by atoms with Crippen LogP contribution in [-0.2, 0) is 24.2 Å². The number of benzene rings is 1. The number of hydrogen-bond donors (Lipinski definition) is 0. The Balaban J connectivity index is 2.03. The van der Waals surface area contributed by atoms with Gasteiger partial charge in [-0.3, -0.25) is 4.79 Å². The van der Waals surface area contributed by atoms with Gasteiger partial charge in [0.15, 0.2) is 0 Å². The first-order valence-electron chi connectivity index (χ1n) is 7.39. The van der Waals surface area contributed by atoms with Crippen molar-refractivity contribution in [2.24, 2.45) is 5.92 Å². The fourth-order valence-electron chi connectivity index (χ4n) is 2.56. The van der Waals surface area contributed by atoms with Crippen molar-refractivity contribution in [2.45, 2.75) is 47.1 Å². The highest BCUT2D eigenvalue weighted by molar-refractivity contribution is 5.82. The molecule has 0 saturated heterocycles. The molecule has 4 heteroatoms. The van der Waals surface area contributed by atoms with Crippen molar-refractivity contribution >= 4 is 5.78 Å². The van der Waals surface area contributed by atoms with Crippen molar-refractivity contribution in [3.63, 3.8) is 0 Å². The van der Waals surface area contributed by atoms with Crippen molar-refractivity contribution in [2.75, 3.05) is 0 Å². The van der Waals surface area contributed by atoms with Gasteiger partial charge >= 0.3 is 0 Å². The van der Waals surface area contributed by atoms with Crippen molar-refractivity contribution in [3.05, 3.63) is 47.0 Å². The molecule has 1 aromatic carbocycles. The summed E-state index contributed by atoms with van der Waals surface area (Å²) in [5.41, 5.74) is 3.47. The molecule has 4 nitrogen and oxygen atoms in total. The molecule has 0 spiro atoms. The molecule has 0 aliphatic carbocycles. The van der Waals surface area contributed by atoms with Gasteiger partial charge in [0.25, 0.3) is 0 Å². The van der Waals surface area contributed by atoms with E-state index in [4.69, 9.17) is 0 Å². The molecule has 0 aliphatic rings. The minimum atomic E-state index is 0.179. The highest BCUT2D eigenvalue weighted by Crippen LogP contribution is 2.11. The standard InChI is InChI=1S/C17H23N3O/c1-12(2)10-20-17(18-11-19-20)9-16(21)8-15-6-13(3)5-14(4)7-15/h5-7,11-12H,8-10H2,1-4H3. The molecule has 0 fully saturated rings.